The summed E-state index contributed by atoms with van der Waals surface area (Å²) in [7, 11) is 1.56. The van der Waals surface area contributed by atoms with E-state index in [1.54, 1.807) is 31.5 Å². The maximum Gasteiger partial charge on any atom is 0.172 e. The third-order valence-corrected chi connectivity index (χ3v) is 8.58. The summed E-state index contributed by atoms with van der Waals surface area (Å²) in [5.74, 6) is -2.28. The Bertz CT molecular complexity index is 1250. The highest BCUT2D eigenvalue weighted by atomic mass is 32.2. The topological polar surface area (TPSA) is 94.8 Å². The van der Waals surface area contributed by atoms with Crippen LogP contribution in [0, 0.1) is 22.9 Å². The minimum atomic E-state index is -1.24. The van der Waals surface area contributed by atoms with Crippen molar-refractivity contribution in [3.8, 4) is 5.75 Å². The van der Waals surface area contributed by atoms with Crippen LogP contribution in [0.1, 0.15) is 49.3 Å². The molecule has 0 radical (unpaired) electrons. The summed E-state index contributed by atoms with van der Waals surface area (Å²) in [6, 6.07) is 6.84. The highest BCUT2D eigenvalue weighted by Crippen LogP contribution is 2.43. The molecule has 1 aliphatic rings. The van der Waals surface area contributed by atoms with Crippen LogP contribution < -0.4 is 10.1 Å². The molecule has 0 saturated carbocycles. The van der Waals surface area contributed by atoms with Crippen molar-refractivity contribution in [2.75, 3.05) is 26.0 Å². The number of hydrogen-bond acceptors (Lipinski definition) is 7. The number of aliphatic hydroxyl groups excluding tert-OH is 3. The quantitative estimate of drug-likeness (QED) is 0.200. The standard InChI is InChI=1S/C28H33F3N2O4S/c1-37-19-2-3-22-20(14-19)26(17(16-34)15-33-22)23(35)4-6-28(7-9-32-10-8-28)25(36)5-11-38-24-13-18(29)12-21(30)27(24)31/h2-3,12-15,23,25,32,34-36H,4-11,16H2,1H3/t23-,25+/m1/s1. The van der Waals surface area contributed by atoms with Crippen LogP contribution in [0.15, 0.2) is 41.4 Å². The molecule has 2 aromatic carbocycles. The number of aromatic nitrogens is 1. The van der Waals surface area contributed by atoms with Crippen molar-refractivity contribution in [2.45, 2.75) is 55.8 Å². The highest BCUT2D eigenvalue weighted by molar-refractivity contribution is 7.99. The summed E-state index contributed by atoms with van der Waals surface area (Å²) in [5.41, 5.74) is 1.30. The summed E-state index contributed by atoms with van der Waals surface area (Å²) >= 11 is 0.971. The van der Waals surface area contributed by atoms with Gasteiger partial charge in [0.2, 0.25) is 0 Å². The van der Waals surface area contributed by atoms with E-state index < -0.39 is 35.1 Å². The second-order valence-corrected chi connectivity index (χ2v) is 10.9. The summed E-state index contributed by atoms with van der Waals surface area (Å²) in [5, 5.41) is 36.6. The zero-order valence-electron chi connectivity index (χ0n) is 21.2. The van der Waals surface area contributed by atoms with Crippen molar-refractivity contribution in [2.24, 2.45) is 5.41 Å². The van der Waals surface area contributed by atoms with Gasteiger partial charge in [-0.05, 0) is 80.4 Å². The number of aliphatic hydroxyl groups is 3. The number of benzene rings is 2. The van der Waals surface area contributed by atoms with Crippen LogP contribution in [0.4, 0.5) is 13.2 Å². The lowest BCUT2D eigenvalue weighted by atomic mass is 9.69. The fraction of sp³-hybridized carbons (Fsp3) is 0.464. The number of piperidine rings is 1. The van der Waals surface area contributed by atoms with E-state index in [0.29, 0.717) is 79.0 Å². The van der Waals surface area contributed by atoms with E-state index in [4.69, 9.17) is 4.74 Å². The van der Waals surface area contributed by atoms with Gasteiger partial charge in [0.05, 0.1) is 31.4 Å². The van der Waals surface area contributed by atoms with Crippen LogP contribution in [0.5, 0.6) is 5.75 Å². The monoisotopic (exact) mass is 550 g/mol. The number of methoxy groups -OCH3 is 1. The van der Waals surface area contributed by atoms with Gasteiger partial charge < -0.3 is 25.4 Å². The van der Waals surface area contributed by atoms with Gasteiger partial charge in [0.25, 0.3) is 0 Å². The molecule has 1 saturated heterocycles. The van der Waals surface area contributed by atoms with Gasteiger partial charge in [0, 0.05) is 33.9 Å². The molecule has 1 fully saturated rings. The molecule has 3 aromatic rings. The predicted octanol–water partition coefficient (Wildman–Crippen LogP) is 4.88. The lowest BCUT2D eigenvalue weighted by Crippen LogP contribution is -2.45. The Hall–Kier alpha value is -2.37. The first-order chi connectivity index (χ1) is 18.3. The molecule has 1 aliphatic heterocycles. The minimum Gasteiger partial charge on any atom is -0.497 e. The first-order valence-electron chi connectivity index (χ1n) is 12.7. The van der Waals surface area contributed by atoms with Crippen molar-refractivity contribution in [3.63, 3.8) is 0 Å². The van der Waals surface area contributed by atoms with Crippen LogP contribution in [0.25, 0.3) is 10.9 Å². The molecule has 4 N–H and O–H groups in total. The zero-order valence-corrected chi connectivity index (χ0v) is 22.0. The van der Waals surface area contributed by atoms with Crippen molar-refractivity contribution < 1.29 is 33.2 Å². The molecule has 0 bridgehead atoms. The maximum atomic E-state index is 14.0. The van der Waals surface area contributed by atoms with Gasteiger partial charge in [-0.3, -0.25) is 4.98 Å². The molecule has 206 valence electrons. The van der Waals surface area contributed by atoms with Gasteiger partial charge in [-0.1, -0.05) is 0 Å². The fourth-order valence-corrected chi connectivity index (χ4v) is 6.33. The number of fused-ring (bicyclic) bond motifs is 1. The molecule has 6 nitrogen and oxygen atoms in total. The molecule has 0 aliphatic carbocycles. The molecule has 2 heterocycles. The average molecular weight is 551 g/mol. The van der Waals surface area contributed by atoms with Crippen molar-refractivity contribution in [3.05, 3.63) is 65.1 Å². The predicted molar refractivity (Wildman–Crippen MR) is 141 cm³/mol. The molecule has 0 unspecified atom stereocenters. The Balaban J connectivity index is 1.49. The maximum absolute atomic E-state index is 14.0. The second kappa shape index (κ2) is 12.7. The Morgan fingerprint density at radius 2 is 1.87 bits per heavy atom. The smallest absolute Gasteiger partial charge is 0.172 e. The van der Waals surface area contributed by atoms with E-state index in [1.165, 1.54) is 0 Å². The van der Waals surface area contributed by atoms with Crippen LogP contribution in [-0.4, -0.2) is 52.4 Å². The van der Waals surface area contributed by atoms with Crippen molar-refractivity contribution >= 4 is 22.7 Å². The van der Waals surface area contributed by atoms with Crippen molar-refractivity contribution in [1.29, 1.82) is 0 Å². The molecule has 2 atom stereocenters. The number of rotatable bonds is 11. The van der Waals surface area contributed by atoms with E-state index in [2.05, 4.69) is 10.3 Å². The number of hydrogen-bond donors (Lipinski definition) is 4. The van der Waals surface area contributed by atoms with Gasteiger partial charge in [0.15, 0.2) is 11.6 Å². The molecule has 38 heavy (non-hydrogen) atoms. The van der Waals surface area contributed by atoms with E-state index in [9.17, 15) is 28.5 Å². The molecular weight excluding hydrogens is 517 g/mol. The van der Waals surface area contributed by atoms with Gasteiger partial charge >= 0.3 is 0 Å². The Morgan fingerprint density at radius 1 is 1.11 bits per heavy atom. The summed E-state index contributed by atoms with van der Waals surface area (Å²) in [6.45, 7) is 1.14. The summed E-state index contributed by atoms with van der Waals surface area (Å²) in [4.78, 5) is 4.26. The Morgan fingerprint density at radius 3 is 2.58 bits per heavy atom. The van der Waals surface area contributed by atoms with E-state index >= 15 is 0 Å². The molecule has 1 aromatic heterocycles. The third kappa shape index (κ3) is 6.26. The molecule has 4 rings (SSSR count). The first-order valence-corrected chi connectivity index (χ1v) is 13.7. The molecule has 0 spiro atoms. The number of nitrogens with one attached hydrogen (secondary N) is 1. The normalized spacial score (nSPS) is 16.9. The minimum absolute atomic E-state index is 0.124. The molecule has 10 heteroatoms. The highest BCUT2D eigenvalue weighted by Gasteiger charge is 2.39. The van der Waals surface area contributed by atoms with Crippen LogP contribution >= 0.6 is 11.8 Å². The third-order valence-electron chi connectivity index (χ3n) is 7.53. The van der Waals surface area contributed by atoms with Crippen LogP contribution in [0.2, 0.25) is 0 Å². The first kappa shape index (κ1) is 28.6. The largest absolute Gasteiger partial charge is 0.497 e. The van der Waals surface area contributed by atoms with Gasteiger partial charge in [-0.2, -0.15) is 0 Å². The number of halogens is 3. The van der Waals surface area contributed by atoms with Crippen LogP contribution in [-0.2, 0) is 6.61 Å². The Kier molecular flexibility index (Phi) is 9.54. The van der Waals surface area contributed by atoms with E-state index in [1.807, 2.05) is 0 Å². The lowest BCUT2D eigenvalue weighted by molar-refractivity contribution is -0.0166. The lowest BCUT2D eigenvalue weighted by Gasteiger charge is -2.42. The van der Waals surface area contributed by atoms with E-state index in [0.717, 1.165) is 17.8 Å². The second-order valence-electron chi connectivity index (χ2n) is 9.76. The van der Waals surface area contributed by atoms with Gasteiger partial charge in [-0.25, -0.2) is 13.2 Å². The van der Waals surface area contributed by atoms with Crippen molar-refractivity contribution in [1.82, 2.24) is 10.3 Å². The number of nitrogens with zero attached hydrogens (tertiary/aromatic N) is 1. The van der Waals surface area contributed by atoms with Gasteiger partial charge in [-0.15, -0.1) is 11.8 Å². The van der Waals surface area contributed by atoms with Gasteiger partial charge in [0.1, 0.15) is 11.6 Å². The van der Waals surface area contributed by atoms with Crippen LogP contribution in [0.3, 0.4) is 0 Å². The zero-order chi connectivity index (χ0) is 27.3. The molecule has 0 amide bonds. The van der Waals surface area contributed by atoms with E-state index in [-0.39, 0.29) is 17.3 Å². The molecular formula is C28H33F3N2O4S. The summed E-state index contributed by atoms with van der Waals surface area (Å²) < 4.78 is 46.5. The number of pyridine rings is 1. The SMILES string of the molecule is COc1ccc2ncc(CO)c([C@H](O)CCC3([C@@H](O)CCSc4cc(F)cc(F)c4F)CCNCC3)c2c1. The summed E-state index contributed by atoms with van der Waals surface area (Å²) in [6.07, 6.45) is 2.44. The Labute approximate surface area is 224 Å². The average Bonchev–Trinajstić information content (AvgIpc) is 2.93. The number of thioether (sulfide) groups is 1. The number of ether oxygens (including phenoxy) is 1. The fourth-order valence-electron chi connectivity index (χ4n) is 5.35.